The van der Waals surface area contributed by atoms with Gasteiger partial charge in [-0.3, -0.25) is 0 Å². The Hall–Kier alpha value is -1.13. The number of rotatable bonds is 4. The third kappa shape index (κ3) is 10.3. The molecule has 2 nitrogen and oxygen atoms in total. The maximum absolute atomic E-state index is 2.08. The Morgan fingerprint density at radius 1 is 0.571 bits per heavy atom. The first kappa shape index (κ1) is 19.9. The Bertz CT molecular complexity index is 410. The van der Waals surface area contributed by atoms with E-state index in [4.69, 9.17) is 0 Å². The van der Waals surface area contributed by atoms with Crippen molar-refractivity contribution in [3.8, 4) is 0 Å². The number of benzene rings is 2. The Morgan fingerprint density at radius 3 is 1.10 bits per heavy atom. The van der Waals surface area contributed by atoms with Crippen LogP contribution in [0.2, 0.25) is 0 Å². The zero-order valence-corrected chi connectivity index (χ0v) is 14.9. The molecule has 0 unspecified atom stereocenters. The third-order valence-electron chi connectivity index (χ3n) is 2.41. The molecule has 0 amide bonds. The monoisotopic (exact) mass is 292 g/mol. The molecule has 0 aliphatic carbocycles. The summed E-state index contributed by atoms with van der Waals surface area (Å²) >= 11 is 0. The Kier molecular flexibility index (Phi) is 10.9. The molecule has 0 fully saturated rings. The fourth-order valence-corrected chi connectivity index (χ4v) is 1.67. The number of hydrogen-bond donors (Lipinski definition) is 0. The van der Waals surface area contributed by atoms with Crippen LogP contribution in [0.3, 0.4) is 0 Å². The molecule has 2 aromatic rings. The van der Waals surface area contributed by atoms with Gasteiger partial charge in [0.05, 0.1) is 0 Å². The topological polar surface area (TPSA) is 6.48 Å². The van der Waals surface area contributed by atoms with Gasteiger partial charge < -0.3 is 9.80 Å². The van der Waals surface area contributed by atoms with Crippen molar-refractivity contribution >= 4 is 23.1 Å². The van der Waals surface area contributed by atoms with Crippen molar-refractivity contribution in [2.24, 2.45) is 0 Å². The summed E-state index contributed by atoms with van der Waals surface area (Å²) < 4.78 is 0. The van der Waals surface area contributed by atoms with Crippen LogP contribution in [0.5, 0.6) is 0 Å². The molecular weight excluding hydrogens is 269 g/mol. The van der Waals surface area contributed by atoms with Gasteiger partial charge in [0.25, 0.3) is 0 Å². The van der Waals surface area contributed by atoms with Gasteiger partial charge in [-0.2, -0.15) is 35.4 Å². The third-order valence-corrected chi connectivity index (χ3v) is 2.41. The fourth-order valence-electron chi connectivity index (χ4n) is 1.67. The first-order chi connectivity index (χ1) is 9.58. The molecule has 0 atom stereocenters. The molecule has 0 aliphatic rings. The molecule has 0 N–H and O–H groups in total. The first-order valence-corrected chi connectivity index (χ1v) is 6.70. The van der Waals surface area contributed by atoms with Crippen LogP contribution in [0.1, 0.15) is 11.1 Å². The Morgan fingerprint density at radius 2 is 0.857 bits per heavy atom. The van der Waals surface area contributed by atoms with Crippen LogP contribution < -0.4 is 0 Å². The summed E-state index contributed by atoms with van der Waals surface area (Å²) in [4.78, 5) is 4.07. The van der Waals surface area contributed by atoms with E-state index < -0.39 is 0 Å². The summed E-state index contributed by atoms with van der Waals surface area (Å²) in [7, 11) is 8.08. The quantitative estimate of drug-likeness (QED) is 0.631. The molecule has 2 aromatic carbocycles. The van der Waals surface area contributed by atoms with Crippen molar-refractivity contribution in [2.75, 3.05) is 28.2 Å². The Labute approximate surface area is 145 Å². The van der Waals surface area contributed by atoms with Gasteiger partial charge in [0.2, 0.25) is 0 Å². The van der Waals surface area contributed by atoms with Gasteiger partial charge in [0, 0.05) is 0 Å². The zero-order valence-electron chi connectivity index (χ0n) is 13.5. The van der Waals surface area contributed by atoms with Crippen molar-refractivity contribution in [3.63, 3.8) is 0 Å². The van der Waals surface area contributed by atoms with Crippen LogP contribution in [-0.4, -0.2) is 61.0 Å². The summed E-state index contributed by atoms with van der Waals surface area (Å²) in [5, 5.41) is 0. The van der Waals surface area contributed by atoms with E-state index in [1.165, 1.54) is 11.1 Å². The van der Waals surface area contributed by atoms with E-state index in [9.17, 15) is 0 Å². The number of hydrogen-bond acceptors (Lipinski definition) is 2. The smallest absolute Gasteiger partial charge is 0.339 e. The van der Waals surface area contributed by atoms with Gasteiger partial charge in [-0.05, 0) is 28.2 Å². The second-order valence-corrected chi connectivity index (χ2v) is 5.01. The average Bonchev–Trinajstić information content (AvgIpc) is 2.40. The van der Waals surface area contributed by atoms with Crippen LogP contribution >= 0.6 is 0 Å². The van der Waals surface area contributed by atoms with E-state index in [0.717, 1.165) is 0 Å². The van der Waals surface area contributed by atoms with Crippen LogP contribution in [0, 0.1) is 13.1 Å². The van der Waals surface area contributed by atoms with E-state index in [0.29, 0.717) is 0 Å². The zero-order chi connectivity index (χ0) is 14.8. The molecular formula is C18H24MgN2. The van der Waals surface area contributed by atoms with Gasteiger partial charge in [-0.1, -0.05) is 12.1 Å². The molecule has 0 saturated heterocycles. The standard InChI is InChI=1S/2C9H12N.Mg/c2*1-10(2)8-9-6-4-3-5-7-9;/h2*3-8H,1-2H3;/q2*-1;+2. The molecule has 0 bridgehead atoms. The molecule has 0 saturated carbocycles. The minimum absolute atomic E-state index is 0. The molecule has 108 valence electrons. The van der Waals surface area contributed by atoms with Crippen molar-refractivity contribution < 1.29 is 0 Å². The predicted molar refractivity (Wildman–Crippen MR) is 92.8 cm³/mol. The van der Waals surface area contributed by atoms with Crippen LogP contribution in [-0.2, 0) is 0 Å². The summed E-state index contributed by atoms with van der Waals surface area (Å²) in [6, 6.07) is 20.5. The molecule has 21 heavy (non-hydrogen) atoms. The molecule has 0 aromatic heterocycles. The maximum atomic E-state index is 2.08. The minimum Gasteiger partial charge on any atom is -0.339 e. The molecule has 2 rings (SSSR count). The molecule has 0 radical (unpaired) electrons. The van der Waals surface area contributed by atoms with Crippen molar-refractivity contribution in [2.45, 2.75) is 0 Å². The molecule has 3 heteroatoms. The maximum Gasteiger partial charge on any atom is 2.00 e. The second kappa shape index (κ2) is 11.5. The predicted octanol–water partition coefficient (Wildman–Crippen LogP) is 3.14. The van der Waals surface area contributed by atoms with Crippen LogP contribution in [0.25, 0.3) is 0 Å². The largest absolute Gasteiger partial charge is 2.00 e. The van der Waals surface area contributed by atoms with E-state index in [1.807, 2.05) is 74.4 Å². The number of nitrogens with zero attached hydrogens (tertiary/aromatic N) is 2. The summed E-state index contributed by atoms with van der Waals surface area (Å²) in [6.07, 6.45) is 0. The van der Waals surface area contributed by atoms with E-state index in [1.54, 1.807) is 0 Å². The van der Waals surface area contributed by atoms with Gasteiger partial charge in [-0.25, -0.2) is 0 Å². The van der Waals surface area contributed by atoms with E-state index in [-0.39, 0.29) is 23.1 Å². The average molecular weight is 293 g/mol. The SMILES string of the molecule is CN(C)[CH-]c1ccccc1.CN(C)[CH-]c1ccccc1.[Mg+2]. The van der Waals surface area contributed by atoms with Crippen molar-refractivity contribution in [3.05, 3.63) is 84.9 Å². The molecule has 0 aliphatic heterocycles. The fraction of sp³-hybridized carbons (Fsp3) is 0.222. The van der Waals surface area contributed by atoms with Gasteiger partial charge >= 0.3 is 23.1 Å². The summed E-state index contributed by atoms with van der Waals surface area (Å²) in [5.74, 6) is 0. The van der Waals surface area contributed by atoms with Crippen LogP contribution in [0.4, 0.5) is 0 Å². The van der Waals surface area contributed by atoms with Crippen molar-refractivity contribution in [1.82, 2.24) is 9.80 Å². The summed E-state index contributed by atoms with van der Waals surface area (Å²) in [5.41, 5.74) is 2.49. The van der Waals surface area contributed by atoms with Crippen LogP contribution in [0.15, 0.2) is 60.7 Å². The first-order valence-electron chi connectivity index (χ1n) is 6.70. The second-order valence-electron chi connectivity index (χ2n) is 5.01. The molecule has 0 heterocycles. The molecule has 0 spiro atoms. The minimum atomic E-state index is 0. The van der Waals surface area contributed by atoms with E-state index >= 15 is 0 Å². The van der Waals surface area contributed by atoms with E-state index in [2.05, 4.69) is 37.4 Å². The van der Waals surface area contributed by atoms with Gasteiger partial charge in [0.15, 0.2) is 0 Å². The normalized spacial score (nSPS) is 9.43. The Balaban J connectivity index is 0.000000364. The van der Waals surface area contributed by atoms with Gasteiger partial charge in [-0.15, -0.1) is 37.4 Å². The van der Waals surface area contributed by atoms with Gasteiger partial charge in [0.1, 0.15) is 0 Å². The van der Waals surface area contributed by atoms with Crippen molar-refractivity contribution in [1.29, 1.82) is 0 Å². The summed E-state index contributed by atoms with van der Waals surface area (Å²) in [6.45, 7) is 4.17.